The first kappa shape index (κ1) is 26.7. The van der Waals surface area contributed by atoms with Gasteiger partial charge in [-0.3, -0.25) is 5.32 Å². The summed E-state index contributed by atoms with van der Waals surface area (Å²) in [5.41, 5.74) is 3.28. The van der Waals surface area contributed by atoms with E-state index in [0.29, 0.717) is 12.8 Å². The summed E-state index contributed by atoms with van der Waals surface area (Å²) in [4.78, 5) is 18.3. The summed E-state index contributed by atoms with van der Waals surface area (Å²) < 4.78 is 7.47. The number of hydrogen-bond acceptors (Lipinski definition) is 5. The molecular weight excluding hydrogens is 510 g/mol. The molecule has 0 saturated carbocycles. The van der Waals surface area contributed by atoms with Crippen LogP contribution in [0.1, 0.15) is 39.8 Å². The number of aromatic nitrogens is 2. The third-order valence-electron chi connectivity index (χ3n) is 8.05. The van der Waals surface area contributed by atoms with Crippen molar-refractivity contribution >= 4 is 5.97 Å². The van der Waals surface area contributed by atoms with Gasteiger partial charge in [0.05, 0.1) is 25.5 Å². The SMILES string of the molecule is COC(=O)[C@]1(Cc2cn(C(c3ccccc3)(c3ccccc3)c3ccccc3)c(CCO)n2)NC1c1ccccc1. The van der Waals surface area contributed by atoms with Crippen molar-refractivity contribution in [3.8, 4) is 0 Å². The molecule has 1 unspecified atom stereocenters. The van der Waals surface area contributed by atoms with E-state index in [1.165, 1.54) is 7.11 Å². The Morgan fingerprint density at radius 2 is 1.34 bits per heavy atom. The Morgan fingerprint density at radius 1 is 0.854 bits per heavy atom. The highest BCUT2D eigenvalue weighted by Gasteiger charge is 2.61. The van der Waals surface area contributed by atoms with E-state index in [9.17, 15) is 9.90 Å². The van der Waals surface area contributed by atoms with Crippen LogP contribution in [0.2, 0.25) is 0 Å². The lowest BCUT2D eigenvalue weighted by Gasteiger charge is -2.38. The molecule has 1 aromatic heterocycles. The second-order valence-electron chi connectivity index (χ2n) is 10.4. The van der Waals surface area contributed by atoms with Crippen LogP contribution in [0.4, 0.5) is 0 Å². The summed E-state index contributed by atoms with van der Waals surface area (Å²) in [5, 5.41) is 13.6. The molecule has 41 heavy (non-hydrogen) atoms. The van der Waals surface area contributed by atoms with Gasteiger partial charge in [0, 0.05) is 19.0 Å². The molecule has 6 nitrogen and oxygen atoms in total. The van der Waals surface area contributed by atoms with Gasteiger partial charge in [0.2, 0.25) is 0 Å². The number of nitrogens with zero attached hydrogens (tertiary/aromatic N) is 2. The maximum Gasteiger partial charge on any atom is 0.328 e. The Labute approximate surface area is 240 Å². The van der Waals surface area contributed by atoms with Crippen LogP contribution in [0.15, 0.2) is 128 Å². The third kappa shape index (κ3) is 4.65. The molecule has 0 radical (unpaired) electrons. The number of aliphatic hydroxyl groups is 1. The fourth-order valence-corrected chi connectivity index (χ4v) is 6.18. The second-order valence-corrected chi connectivity index (χ2v) is 10.4. The van der Waals surface area contributed by atoms with Crippen LogP contribution in [-0.4, -0.2) is 39.9 Å². The zero-order chi connectivity index (χ0) is 28.3. The zero-order valence-corrected chi connectivity index (χ0v) is 23.0. The van der Waals surface area contributed by atoms with Crippen LogP contribution in [-0.2, 0) is 27.9 Å². The Morgan fingerprint density at radius 3 is 1.80 bits per heavy atom. The number of ether oxygens (including phenoxy) is 1. The van der Waals surface area contributed by atoms with E-state index in [4.69, 9.17) is 9.72 Å². The number of nitrogens with one attached hydrogen (secondary N) is 1. The van der Waals surface area contributed by atoms with Crippen molar-refractivity contribution in [1.29, 1.82) is 0 Å². The molecule has 2 heterocycles. The molecule has 0 spiro atoms. The third-order valence-corrected chi connectivity index (χ3v) is 8.05. The first-order valence-electron chi connectivity index (χ1n) is 13.9. The summed E-state index contributed by atoms with van der Waals surface area (Å²) in [6.45, 7) is -0.0576. The number of esters is 1. The van der Waals surface area contributed by atoms with Crippen LogP contribution in [0.5, 0.6) is 0 Å². The summed E-state index contributed by atoms with van der Waals surface area (Å²) in [5.74, 6) is 0.418. The van der Waals surface area contributed by atoms with E-state index >= 15 is 0 Å². The van der Waals surface area contributed by atoms with Gasteiger partial charge in [0.15, 0.2) is 0 Å². The van der Waals surface area contributed by atoms with Gasteiger partial charge >= 0.3 is 5.97 Å². The van der Waals surface area contributed by atoms with Crippen LogP contribution < -0.4 is 5.32 Å². The van der Waals surface area contributed by atoms with E-state index in [2.05, 4.69) is 46.3 Å². The van der Waals surface area contributed by atoms with Crippen LogP contribution in [0, 0.1) is 0 Å². The van der Waals surface area contributed by atoms with Gasteiger partial charge in [-0.2, -0.15) is 0 Å². The van der Waals surface area contributed by atoms with Crippen molar-refractivity contribution in [2.45, 2.75) is 30.0 Å². The van der Waals surface area contributed by atoms with Crippen molar-refractivity contribution < 1.29 is 14.6 Å². The molecule has 0 bridgehead atoms. The van der Waals surface area contributed by atoms with E-state index in [0.717, 1.165) is 33.8 Å². The van der Waals surface area contributed by atoms with Crippen LogP contribution in [0.3, 0.4) is 0 Å². The molecule has 0 amide bonds. The maximum absolute atomic E-state index is 13.2. The van der Waals surface area contributed by atoms with Gasteiger partial charge in [-0.15, -0.1) is 0 Å². The normalized spacial score (nSPS) is 18.1. The molecule has 5 aromatic rings. The Hall–Kier alpha value is -4.52. The summed E-state index contributed by atoms with van der Waals surface area (Å²) >= 11 is 0. The van der Waals surface area contributed by atoms with Crippen molar-refractivity contribution in [2.75, 3.05) is 13.7 Å². The average Bonchev–Trinajstić information content (AvgIpc) is 3.64. The summed E-state index contributed by atoms with van der Waals surface area (Å²) in [6, 6.07) is 40.9. The summed E-state index contributed by atoms with van der Waals surface area (Å²) in [6.07, 6.45) is 2.75. The number of benzene rings is 4. The molecule has 2 atom stereocenters. The highest BCUT2D eigenvalue weighted by molar-refractivity contribution is 5.86. The van der Waals surface area contributed by atoms with Crippen LogP contribution >= 0.6 is 0 Å². The van der Waals surface area contributed by atoms with Crippen molar-refractivity contribution in [3.05, 3.63) is 161 Å². The lowest BCUT2D eigenvalue weighted by molar-refractivity contribution is -0.143. The number of imidazole rings is 1. The van der Waals surface area contributed by atoms with Crippen LogP contribution in [0.25, 0.3) is 0 Å². The smallest absolute Gasteiger partial charge is 0.328 e. The van der Waals surface area contributed by atoms with Gasteiger partial charge in [-0.05, 0) is 22.3 Å². The van der Waals surface area contributed by atoms with Gasteiger partial charge in [-0.1, -0.05) is 121 Å². The fourth-order valence-electron chi connectivity index (χ4n) is 6.18. The second kappa shape index (κ2) is 11.2. The quantitative estimate of drug-likeness (QED) is 0.146. The molecule has 1 saturated heterocycles. The lowest BCUT2D eigenvalue weighted by atomic mass is 9.76. The molecule has 1 aliphatic rings. The molecule has 1 fully saturated rings. The van der Waals surface area contributed by atoms with Crippen molar-refractivity contribution in [1.82, 2.24) is 14.9 Å². The maximum atomic E-state index is 13.2. The monoisotopic (exact) mass is 543 g/mol. The number of rotatable bonds is 10. The molecule has 1 aliphatic heterocycles. The summed E-state index contributed by atoms with van der Waals surface area (Å²) in [7, 11) is 1.42. The molecule has 206 valence electrons. The number of methoxy groups -OCH3 is 1. The highest BCUT2D eigenvalue weighted by atomic mass is 16.5. The molecule has 0 aliphatic carbocycles. The average molecular weight is 544 g/mol. The first-order chi connectivity index (χ1) is 20.1. The number of carbonyl (C=O) groups excluding carboxylic acids is 1. The Bertz CT molecular complexity index is 1510. The first-order valence-corrected chi connectivity index (χ1v) is 13.9. The number of aliphatic hydroxyl groups excluding tert-OH is 1. The van der Waals surface area contributed by atoms with Gasteiger partial charge < -0.3 is 14.4 Å². The Kier molecular flexibility index (Phi) is 7.26. The van der Waals surface area contributed by atoms with Gasteiger partial charge in [0.1, 0.15) is 16.9 Å². The molecule has 6 rings (SSSR count). The minimum atomic E-state index is -0.916. The number of hydrogen-bond donors (Lipinski definition) is 2. The zero-order valence-electron chi connectivity index (χ0n) is 23.0. The van der Waals surface area contributed by atoms with E-state index in [1.54, 1.807) is 0 Å². The Balaban J connectivity index is 1.55. The molecule has 4 aromatic carbocycles. The largest absolute Gasteiger partial charge is 0.468 e. The van der Waals surface area contributed by atoms with Crippen molar-refractivity contribution in [3.63, 3.8) is 0 Å². The van der Waals surface area contributed by atoms with E-state index < -0.39 is 11.1 Å². The minimum Gasteiger partial charge on any atom is -0.468 e. The minimum absolute atomic E-state index is 0.0576. The van der Waals surface area contributed by atoms with Gasteiger partial charge in [0.25, 0.3) is 0 Å². The van der Waals surface area contributed by atoms with E-state index in [-0.39, 0.29) is 18.6 Å². The molecule has 2 N–H and O–H groups in total. The number of carbonyl (C=O) groups is 1. The lowest BCUT2D eigenvalue weighted by Crippen LogP contribution is -2.38. The molecule has 6 heteroatoms. The topological polar surface area (TPSA) is 86.3 Å². The predicted molar refractivity (Wildman–Crippen MR) is 158 cm³/mol. The predicted octanol–water partition coefficient (Wildman–Crippen LogP) is 5.06. The fraction of sp³-hybridized carbons (Fsp3) is 0.200. The van der Waals surface area contributed by atoms with Crippen molar-refractivity contribution in [2.24, 2.45) is 0 Å². The molecular formula is C35H33N3O3. The van der Waals surface area contributed by atoms with Gasteiger partial charge in [-0.25, -0.2) is 9.78 Å². The highest BCUT2D eigenvalue weighted by Crippen LogP contribution is 2.46. The standard InChI is InChI=1S/C35H33N3O3/c1-41-33(40)34(32(37-34)26-14-6-2-7-15-26)24-30-25-38(31(36-30)22-23-39)35(27-16-8-3-9-17-27,28-18-10-4-11-19-28)29-20-12-5-13-21-29/h2-21,25,32,37,39H,22-24H2,1H3/t32?,34-/m1/s1. The van der Waals surface area contributed by atoms with E-state index in [1.807, 2.05) is 91.1 Å².